The molecule has 23 heavy (non-hydrogen) atoms. The highest BCUT2D eigenvalue weighted by atomic mass is 28.2. The van der Waals surface area contributed by atoms with Crippen LogP contribution in [0.1, 0.15) is 65.4 Å². The van der Waals surface area contributed by atoms with Crippen LogP contribution in [0.4, 0.5) is 0 Å². The van der Waals surface area contributed by atoms with Crippen LogP contribution in [0.2, 0.25) is 0 Å². The third-order valence-corrected chi connectivity index (χ3v) is 9.13. The molecule has 2 aliphatic rings. The fourth-order valence-corrected chi connectivity index (χ4v) is 6.87. The maximum Gasteiger partial charge on any atom is 0.0839 e. The Labute approximate surface area is 144 Å². The Morgan fingerprint density at radius 1 is 0.957 bits per heavy atom. The fraction of sp³-hybridized carbons (Fsp3) is 0.545. The third-order valence-electron chi connectivity index (χ3n) is 6.54. The zero-order valence-electron chi connectivity index (χ0n) is 15.4. The molecule has 0 heterocycles. The summed E-state index contributed by atoms with van der Waals surface area (Å²) in [7, 11) is -0.331. The molecule has 0 aliphatic heterocycles. The molecule has 1 atom stereocenters. The molecule has 3 rings (SSSR count). The van der Waals surface area contributed by atoms with E-state index in [9.17, 15) is 0 Å². The molecule has 1 aromatic carbocycles. The lowest BCUT2D eigenvalue weighted by Gasteiger charge is -2.23. The van der Waals surface area contributed by atoms with E-state index in [-0.39, 0.29) is 9.52 Å². The van der Waals surface area contributed by atoms with Crippen molar-refractivity contribution in [1.82, 2.24) is 0 Å². The van der Waals surface area contributed by atoms with Crippen LogP contribution >= 0.6 is 0 Å². The lowest BCUT2D eigenvalue weighted by Crippen LogP contribution is -2.25. The van der Waals surface area contributed by atoms with Crippen molar-refractivity contribution in [3.63, 3.8) is 0 Å². The van der Waals surface area contributed by atoms with Gasteiger partial charge in [-0.2, -0.15) is 0 Å². The fourth-order valence-electron chi connectivity index (χ4n) is 4.57. The second-order valence-electron chi connectivity index (χ2n) is 7.83. The molecule has 0 saturated heterocycles. The summed E-state index contributed by atoms with van der Waals surface area (Å²) in [4.78, 5) is 0. The Bertz CT molecular complexity index is 629. The van der Waals surface area contributed by atoms with Gasteiger partial charge < -0.3 is 0 Å². The Balaban J connectivity index is 1.79. The average molecular weight is 325 g/mol. The van der Waals surface area contributed by atoms with Crippen molar-refractivity contribution in [3.05, 3.63) is 51.7 Å². The number of hydrogen-bond donors (Lipinski definition) is 0. The van der Waals surface area contributed by atoms with Crippen LogP contribution < -0.4 is 5.19 Å². The standard InChI is InChI=1S/C22H32Si/c1-15-16(2)18(4)22(17(15)3)23-21-13-9-8-12-20(21)14-19-10-6-5-7-11-19/h8-9,12-13,17,19H,5-7,10-11,14,23H2,1-4H3. The molecule has 1 aromatic rings. The first-order valence-electron chi connectivity index (χ1n) is 9.52. The molecule has 1 saturated carbocycles. The molecular weight excluding hydrogens is 292 g/mol. The largest absolute Gasteiger partial charge is 0.0839 e. The van der Waals surface area contributed by atoms with E-state index in [0.717, 1.165) is 5.92 Å². The molecule has 1 unspecified atom stereocenters. The van der Waals surface area contributed by atoms with Crippen molar-refractivity contribution in [2.24, 2.45) is 11.8 Å². The number of hydrogen-bond acceptors (Lipinski definition) is 0. The van der Waals surface area contributed by atoms with E-state index >= 15 is 0 Å². The maximum atomic E-state index is 2.43. The van der Waals surface area contributed by atoms with Gasteiger partial charge in [-0.05, 0) is 50.2 Å². The molecule has 1 heteroatoms. The van der Waals surface area contributed by atoms with Crippen molar-refractivity contribution in [2.45, 2.75) is 66.2 Å². The molecule has 1 fully saturated rings. The molecule has 0 nitrogen and oxygen atoms in total. The van der Waals surface area contributed by atoms with E-state index < -0.39 is 0 Å². The highest BCUT2D eigenvalue weighted by Gasteiger charge is 2.24. The Morgan fingerprint density at radius 3 is 2.30 bits per heavy atom. The van der Waals surface area contributed by atoms with E-state index in [1.165, 1.54) is 38.5 Å². The lowest BCUT2D eigenvalue weighted by atomic mass is 9.85. The van der Waals surface area contributed by atoms with E-state index in [2.05, 4.69) is 52.0 Å². The van der Waals surface area contributed by atoms with Gasteiger partial charge in [-0.1, -0.05) is 84.8 Å². The van der Waals surface area contributed by atoms with E-state index in [1.54, 1.807) is 32.7 Å². The molecule has 0 radical (unpaired) electrons. The van der Waals surface area contributed by atoms with Crippen LogP contribution in [0.5, 0.6) is 0 Å². The number of rotatable bonds is 4. The van der Waals surface area contributed by atoms with E-state index in [1.807, 2.05) is 0 Å². The first kappa shape index (κ1) is 16.8. The molecule has 2 aliphatic carbocycles. The first-order chi connectivity index (χ1) is 11.1. The minimum atomic E-state index is -0.331. The quantitative estimate of drug-likeness (QED) is 0.694. The highest BCUT2D eigenvalue weighted by Crippen LogP contribution is 2.36. The summed E-state index contributed by atoms with van der Waals surface area (Å²) >= 11 is 0. The highest BCUT2D eigenvalue weighted by molar-refractivity contribution is 6.62. The molecule has 0 spiro atoms. The summed E-state index contributed by atoms with van der Waals surface area (Å²) in [6.07, 6.45) is 8.60. The minimum Gasteiger partial charge on any atom is -0.0728 e. The SMILES string of the molecule is CC1=C(C)C(C)C([SiH2]c2ccccc2CC2CCCCC2)=C1C. The van der Waals surface area contributed by atoms with Gasteiger partial charge in [-0.15, -0.1) is 0 Å². The van der Waals surface area contributed by atoms with Gasteiger partial charge in [-0.25, -0.2) is 0 Å². The van der Waals surface area contributed by atoms with Gasteiger partial charge in [0.05, 0.1) is 9.52 Å². The Morgan fingerprint density at radius 2 is 1.65 bits per heavy atom. The lowest BCUT2D eigenvalue weighted by molar-refractivity contribution is 0.357. The van der Waals surface area contributed by atoms with Crippen molar-refractivity contribution in [3.8, 4) is 0 Å². The summed E-state index contributed by atoms with van der Waals surface area (Å²) in [5.41, 5.74) is 6.44. The zero-order chi connectivity index (χ0) is 16.4. The first-order valence-corrected chi connectivity index (χ1v) is 10.9. The van der Waals surface area contributed by atoms with Gasteiger partial charge in [0.25, 0.3) is 0 Å². The van der Waals surface area contributed by atoms with Crippen LogP contribution in [-0.2, 0) is 6.42 Å². The van der Waals surface area contributed by atoms with Gasteiger partial charge in [-0.3, -0.25) is 0 Å². The Hall–Kier alpha value is -1.08. The van der Waals surface area contributed by atoms with Gasteiger partial charge in [0, 0.05) is 0 Å². The predicted octanol–water partition coefficient (Wildman–Crippen LogP) is 4.86. The van der Waals surface area contributed by atoms with Crippen molar-refractivity contribution >= 4 is 14.7 Å². The second kappa shape index (κ2) is 7.21. The molecule has 0 bridgehead atoms. The van der Waals surface area contributed by atoms with Crippen LogP contribution in [0, 0.1) is 11.8 Å². The van der Waals surface area contributed by atoms with Crippen molar-refractivity contribution in [2.75, 3.05) is 0 Å². The Kier molecular flexibility index (Phi) is 5.26. The van der Waals surface area contributed by atoms with Gasteiger partial charge in [0.1, 0.15) is 0 Å². The molecule has 124 valence electrons. The summed E-state index contributed by atoms with van der Waals surface area (Å²) in [6, 6.07) is 9.36. The minimum absolute atomic E-state index is 0.331. The van der Waals surface area contributed by atoms with Gasteiger partial charge >= 0.3 is 0 Å². The third kappa shape index (κ3) is 3.55. The number of benzene rings is 1. The summed E-state index contributed by atoms with van der Waals surface area (Å²) in [5, 5.41) is 3.50. The van der Waals surface area contributed by atoms with Crippen LogP contribution in [-0.4, -0.2) is 9.52 Å². The van der Waals surface area contributed by atoms with E-state index in [0.29, 0.717) is 5.92 Å². The van der Waals surface area contributed by atoms with Crippen LogP contribution in [0.25, 0.3) is 0 Å². The van der Waals surface area contributed by atoms with Crippen molar-refractivity contribution < 1.29 is 0 Å². The van der Waals surface area contributed by atoms with Crippen molar-refractivity contribution in [1.29, 1.82) is 0 Å². The second-order valence-corrected chi connectivity index (χ2v) is 9.71. The van der Waals surface area contributed by atoms with Crippen LogP contribution in [0.3, 0.4) is 0 Å². The maximum absolute atomic E-state index is 2.43. The van der Waals surface area contributed by atoms with Gasteiger partial charge in [0.15, 0.2) is 0 Å². The summed E-state index contributed by atoms with van der Waals surface area (Å²) in [6.45, 7) is 9.42. The smallest absolute Gasteiger partial charge is 0.0728 e. The van der Waals surface area contributed by atoms with Gasteiger partial charge in [0.2, 0.25) is 0 Å². The van der Waals surface area contributed by atoms with E-state index in [4.69, 9.17) is 0 Å². The normalized spacial score (nSPS) is 23.6. The molecular formula is C22H32Si. The van der Waals surface area contributed by atoms with Crippen LogP contribution in [0.15, 0.2) is 46.2 Å². The summed E-state index contributed by atoms with van der Waals surface area (Å²) < 4.78 is 0. The molecule has 0 aromatic heterocycles. The average Bonchev–Trinajstić information content (AvgIpc) is 2.75. The molecule has 0 N–H and O–H groups in total. The topological polar surface area (TPSA) is 0 Å². The summed E-state index contributed by atoms with van der Waals surface area (Å²) in [5.74, 6) is 1.63. The monoisotopic (exact) mass is 324 g/mol. The zero-order valence-corrected chi connectivity index (χ0v) is 16.8. The predicted molar refractivity (Wildman–Crippen MR) is 105 cm³/mol. The number of allylic oxidation sites excluding steroid dienone is 4. The molecule has 0 amide bonds.